The fraction of sp³-hybridized carbons (Fsp3) is 0.308. The van der Waals surface area contributed by atoms with Crippen LogP contribution in [0, 0.1) is 17.2 Å². The Labute approximate surface area is 219 Å². The topological polar surface area (TPSA) is 102 Å². The fourth-order valence-corrected chi connectivity index (χ4v) is 5.91. The molecule has 0 bridgehead atoms. The van der Waals surface area contributed by atoms with E-state index in [9.17, 15) is 23.2 Å². The van der Waals surface area contributed by atoms with Crippen molar-refractivity contribution in [2.75, 3.05) is 19.5 Å². The molecule has 1 N–H and O–H groups in total. The molecule has 4 aromatic rings. The van der Waals surface area contributed by atoms with Gasteiger partial charge in [0.15, 0.2) is 28.5 Å². The van der Waals surface area contributed by atoms with Crippen molar-refractivity contribution >= 4 is 27.9 Å². The molecule has 1 atom stereocenters. The maximum Gasteiger partial charge on any atom is 0.433 e. The second-order valence-corrected chi connectivity index (χ2v) is 10.1. The molecular formula is C26H22F3N5O3S. The van der Waals surface area contributed by atoms with E-state index in [1.54, 1.807) is 12.1 Å². The Kier molecular flexibility index (Phi) is 6.48. The van der Waals surface area contributed by atoms with Gasteiger partial charge >= 0.3 is 6.18 Å². The number of halogens is 3. The average Bonchev–Trinajstić information content (AvgIpc) is 3.47. The molecule has 0 fully saturated rings. The number of nitrogens with one attached hydrogen (secondary N) is 1. The molecule has 1 amide bonds. The second-order valence-electron chi connectivity index (χ2n) is 9.02. The van der Waals surface area contributed by atoms with Gasteiger partial charge in [-0.3, -0.25) is 4.79 Å². The number of methoxy groups -OCH3 is 2. The van der Waals surface area contributed by atoms with E-state index < -0.39 is 17.8 Å². The van der Waals surface area contributed by atoms with Crippen LogP contribution in [0.25, 0.3) is 16.9 Å². The minimum atomic E-state index is -4.77. The van der Waals surface area contributed by atoms with Crippen molar-refractivity contribution in [2.24, 2.45) is 5.92 Å². The summed E-state index contributed by atoms with van der Waals surface area (Å²) < 4.78 is 53.1. The zero-order valence-corrected chi connectivity index (χ0v) is 21.5. The number of carbonyl (C=O) groups is 1. The second kappa shape index (κ2) is 9.64. The number of nitrogens with zero attached hydrogens (tertiary/aromatic N) is 4. The highest BCUT2D eigenvalue weighted by atomic mass is 32.1. The highest BCUT2D eigenvalue weighted by molar-refractivity contribution is 7.16. The predicted molar refractivity (Wildman–Crippen MR) is 135 cm³/mol. The normalized spacial score (nSPS) is 15.1. The smallest absolute Gasteiger partial charge is 0.433 e. The van der Waals surface area contributed by atoms with Gasteiger partial charge in [0.25, 0.3) is 5.91 Å². The number of anilines is 1. The van der Waals surface area contributed by atoms with Gasteiger partial charge in [-0.25, -0.2) is 9.50 Å². The fourth-order valence-electron chi connectivity index (χ4n) is 4.56. The van der Waals surface area contributed by atoms with Crippen LogP contribution in [0.5, 0.6) is 11.5 Å². The zero-order valence-electron chi connectivity index (χ0n) is 20.6. The molecule has 0 saturated carbocycles. The Morgan fingerprint density at radius 2 is 1.97 bits per heavy atom. The number of rotatable bonds is 5. The number of hydrogen-bond acceptors (Lipinski definition) is 7. The van der Waals surface area contributed by atoms with E-state index in [0.29, 0.717) is 38.1 Å². The minimum Gasteiger partial charge on any atom is -0.493 e. The minimum absolute atomic E-state index is 0.0180. The molecule has 38 heavy (non-hydrogen) atoms. The monoisotopic (exact) mass is 541 g/mol. The van der Waals surface area contributed by atoms with Crippen LogP contribution in [0.4, 0.5) is 18.2 Å². The summed E-state index contributed by atoms with van der Waals surface area (Å²) in [6.45, 7) is 2.13. The number of alkyl halides is 3. The van der Waals surface area contributed by atoms with Crippen molar-refractivity contribution < 1.29 is 27.4 Å². The first-order valence-corrected chi connectivity index (χ1v) is 12.5. The number of amides is 1. The quantitative estimate of drug-likeness (QED) is 0.346. The largest absolute Gasteiger partial charge is 0.493 e. The highest BCUT2D eigenvalue weighted by Crippen LogP contribution is 2.40. The van der Waals surface area contributed by atoms with Crippen LogP contribution >= 0.6 is 11.3 Å². The summed E-state index contributed by atoms with van der Waals surface area (Å²) >= 11 is 1.33. The number of thiophene rings is 1. The molecular weight excluding hydrogens is 519 g/mol. The molecule has 1 aliphatic carbocycles. The van der Waals surface area contributed by atoms with Gasteiger partial charge in [-0.05, 0) is 55.0 Å². The Balaban J connectivity index is 1.54. The van der Waals surface area contributed by atoms with Crippen LogP contribution in [0.2, 0.25) is 0 Å². The van der Waals surface area contributed by atoms with Crippen LogP contribution in [0.3, 0.4) is 0 Å². The third-order valence-corrected chi connectivity index (χ3v) is 7.65. The highest BCUT2D eigenvalue weighted by Gasteiger charge is 2.36. The lowest BCUT2D eigenvalue weighted by Gasteiger charge is -2.17. The Hall–Kier alpha value is -4.11. The summed E-state index contributed by atoms with van der Waals surface area (Å²) in [5.41, 5.74) is 0.208. The number of hydrogen-bond donors (Lipinski definition) is 1. The lowest BCUT2D eigenvalue weighted by Crippen LogP contribution is -2.15. The Morgan fingerprint density at radius 3 is 2.66 bits per heavy atom. The standard InChI is InChI=1S/C26H22F3N5O3S/c1-13-4-6-15-16(12-30)25(38-21(15)8-13)32-24(35)18-11-23-31-17(10-22(26(27,28)29)34(23)33-18)14-5-7-19(36-2)20(9-14)37-3/h5,7,9-11,13H,4,6,8H2,1-3H3,(H,32,35)/t13-/m1/s1. The van der Waals surface area contributed by atoms with Crippen LogP contribution in [0.1, 0.15) is 45.5 Å². The Bertz CT molecular complexity index is 1600. The molecule has 3 aromatic heterocycles. The number of carbonyl (C=O) groups excluding carboxylic acids is 1. The van der Waals surface area contributed by atoms with E-state index in [0.717, 1.165) is 35.8 Å². The molecule has 5 rings (SSSR count). The first-order chi connectivity index (χ1) is 18.1. The van der Waals surface area contributed by atoms with Gasteiger partial charge in [-0.1, -0.05) is 6.92 Å². The van der Waals surface area contributed by atoms with Gasteiger partial charge < -0.3 is 14.8 Å². The van der Waals surface area contributed by atoms with Crippen molar-refractivity contribution in [3.63, 3.8) is 0 Å². The summed E-state index contributed by atoms with van der Waals surface area (Å²) in [7, 11) is 2.87. The molecule has 0 unspecified atom stereocenters. The van der Waals surface area contributed by atoms with Crippen LogP contribution in [-0.2, 0) is 19.0 Å². The number of nitriles is 1. The third kappa shape index (κ3) is 4.54. The lowest BCUT2D eigenvalue weighted by molar-refractivity contribution is -0.142. The number of fused-ring (bicyclic) bond motifs is 2. The number of benzene rings is 1. The van der Waals surface area contributed by atoms with Crippen molar-refractivity contribution in [2.45, 2.75) is 32.4 Å². The lowest BCUT2D eigenvalue weighted by atomic mass is 9.89. The molecule has 0 spiro atoms. The van der Waals surface area contributed by atoms with Gasteiger partial charge in [0.05, 0.1) is 25.5 Å². The summed E-state index contributed by atoms with van der Waals surface area (Å²) in [6.07, 6.45) is -2.26. The van der Waals surface area contributed by atoms with E-state index in [1.165, 1.54) is 37.7 Å². The maximum absolute atomic E-state index is 14.0. The third-order valence-electron chi connectivity index (χ3n) is 6.48. The molecule has 1 aliphatic rings. The summed E-state index contributed by atoms with van der Waals surface area (Å²) in [4.78, 5) is 18.4. The molecule has 196 valence electrons. The van der Waals surface area contributed by atoms with E-state index in [4.69, 9.17) is 9.47 Å². The summed E-state index contributed by atoms with van der Waals surface area (Å²) in [6, 6.07) is 8.87. The molecule has 8 nitrogen and oxygen atoms in total. The SMILES string of the molecule is COc1ccc(-c2cc(C(F)(F)F)n3nc(C(=O)Nc4sc5c(c4C#N)CC[C@@H](C)C5)cc3n2)cc1OC. The molecule has 1 aromatic carbocycles. The van der Waals surface area contributed by atoms with Crippen LogP contribution < -0.4 is 14.8 Å². The van der Waals surface area contributed by atoms with E-state index >= 15 is 0 Å². The summed E-state index contributed by atoms with van der Waals surface area (Å²) in [5, 5.41) is 16.7. The van der Waals surface area contributed by atoms with Crippen LogP contribution in [0.15, 0.2) is 30.3 Å². The number of ether oxygens (including phenoxy) is 2. The molecule has 0 radical (unpaired) electrons. The summed E-state index contributed by atoms with van der Waals surface area (Å²) in [5.74, 6) is 0.495. The van der Waals surface area contributed by atoms with Crippen molar-refractivity contribution in [1.29, 1.82) is 5.26 Å². The van der Waals surface area contributed by atoms with Gasteiger partial charge in [0.1, 0.15) is 11.1 Å². The number of aromatic nitrogens is 3. The molecule has 0 saturated heterocycles. The van der Waals surface area contributed by atoms with Gasteiger partial charge in [0.2, 0.25) is 0 Å². The zero-order chi connectivity index (χ0) is 27.2. The van der Waals surface area contributed by atoms with Crippen molar-refractivity contribution in [3.8, 4) is 28.8 Å². The van der Waals surface area contributed by atoms with Crippen LogP contribution in [-0.4, -0.2) is 34.7 Å². The van der Waals surface area contributed by atoms with Gasteiger partial charge in [0, 0.05) is 16.5 Å². The van der Waals surface area contributed by atoms with Gasteiger partial charge in [-0.2, -0.15) is 23.5 Å². The Morgan fingerprint density at radius 1 is 1.21 bits per heavy atom. The van der Waals surface area contributed by atoms with E-state index in [2.05, 4.69) is 28.4 Å². The first kappa shape index (κ1) is 25.5. The first-order valence-electron chi connectivity index (χ1n) is 11.7. The molecule has 0 aliphatic heterocycles. The van der Waals surface area contributed by atoms with E-state index in [-0.39, 0.29) is 17.0 Å². The maximum atomic E-state index is 14.0. The van der Waals surface area contributed by atoms with Crippen molar-refractivity contribution in [3.05, 3.63) is 57.7 Å². The molecule has 3 heterocycles. The van der Waals surface area contributed by atoms with Gasteiger partial charge in [-0.15, -0.1) is 11.3 Å². The van der Waals surface area contributed by atoms with Crippen molar-refractivity contribution in [1.82, 2.24) is 14.6 Å². The van der Waals surface area contributed by atoms with E-state index in [1.807, 2.05) is 0 Å². The predicted octanol–water partition coefficient (Wildman–Crippen LogP) is 5.74. The molecule has 12 heteroatoms. The average molecular weight is 542 g/mol.